The van der Waals surface area contributed by atoms with E-state index in [4.69, 9.17) is 21.1 Å². The van der Waals surface area contributed by atoms with E-state index < -0.39 is 0 Å². The molecule has 0 radical (unpaired) electrons. The Morgan fingerprint density at radius 1 is 1.18 bits per heavy atom. The van der Waals surface area contributed by atoms with Crippen molar-refractivity contribution in [3.8, 4) is 11.5 Å². The fourth-order valence-corrected chi connectivity index (χ4v) is 4.08. The molecule has 0 aliphatic carbocycles. The number of anilines is 1. The summed E-state index contributed by atoms with van der Waals surface area (Å²) in [6, 6.07) is 13.0. The van der Waals surface area contributed by atoms with Gasteiger partial charge in [-0.3, -0.25) is 14.7 Å². The molecule has 0 bridgehead atoms. The first-order valence-electron chi connectivity index (χ1n) is 8.98. The van der Waals surface area contributed by atoms with Gasteiger partial charge in [-0.2, -0.15) is 0 Å². The Kier molecular flexibility index (Phi) is 5.59. The van der Waals surface area contributed by atoms with Gasteiger partial charge >= 0.3 is 0 Å². The number of benzene rings is 2. The maximum Gasteiger partial charge on any atom is 0.257 e. The van der Waals surface area contributed by atoms with Crippen LogP contribution in [-0.2, 0) is 4.79 Å². The Labute approximate surface area is 173 Å². The van der Waals surface area contributed by atoms with Crippen LogP contribution in [0.15, 0.2) is 53.5 Å². The van der Waals surface area contributed by atoms with Gasteiger partial charge in [-0.1, -0.05) is 29.4 Å². The van der Waals surface area contributed by atoms with Gasteiger partial charge in [0, 0.05) is 16.9 Å². The molecule has 0 fully saturated rings. The van der Waals surface area contributed by atoms with Crippen molar-refractivity contribution in [2.24, 2.45) is 4.99 Å². The van der Waals surface area contributed by atoms with Crippen molar-refractivity contribution in [3.05, 3.63) is 59.1 Å². The molecule has 7 heteroatoms. The molecular formula is C21H19ClN2O3S. The van der Waals surface area contributed by atoms with Crippen LogP contribution in [0, 0.1) is 0 Å². The minimum atomic E-state index is -0.169. The topological polar surface area (TPSA) is 51.1 Å². The van der Waals surface area contributed by atoms with Crippen molar-refractivity contribution in [2.75, 3.05) is 23.9 Å². The summed E-state index contributed by atoms with van der Waals surface area (Å²) < 4.78 is 11.1. The summed E-state index contributed by atoms with van der Waals surface area (Å²) >= 11 is 7.58. The molecule has 0 saturated carbocycles. The number of carbonyl (C=O) groups excluding carboxylic acids is 1. The highest BCUT2D eigenvalue weighted by Gasteiger charge is 2.25. The molecule has 2 aliphatic heterocycles. The third-order valence-electron chi connectivity index (χ3n) is 4.27. The molecule has 2 aromatic rings. The smallest absolute Gasteiger partial charge is 0.257 e. The predicted octanol–water partition coefficient (Wildman–Crippen LogP) is 4.65. The van der Waals surface area contributed by atoms with Gasteiger partial charge in [0.25, 0.3) is 5.91 Å². The Morgan fingerprint density at radius 2 is 1.93 bits per heavy atom. The van der Waals surface area contributed by atoms with E-state index in [9.17, 15) is 4.79 Å². The number of amidine groups is 1. The summed E-state index contributed by atoms with van der Waals surface area (Å²) in [5.41, 5.74) is 1.60. The Hall–Kier alpha value is -2.44. The molecule has 0 saturated heterocycles. The van der Waals surface area contributed by atoms with Crippen LogP contribution in [0.25, 0.3) is 6.08 Å². The second-order valence-electron chi connectivity index (χ2n) is 6.46. The van der Waals surface area contributed by atoms with E-state index in [1.54, 1.807) is 40.9 Å². The minimum absolute atomic E-state index is 0.169. The lowest BCUT2D eigenvalue weighted by atomic mass is 10.1. The summed E-state index contributed by atoms with van der Waals surface area (Å²) in [5, 5.41) is 1.32. The first-order valence-corrected chi connectivity index (χ1v) is 10.3. The monoisotopic (exact) mass is 414 g/mol. The van der Waals surface area contributed by atoms with Crippen LogP contribution in [0.1, 0.15) is 12.5 Å². The minimum Gasteiger partial charge on any atom is -0.486 e. The van der Waals surface area contributed by atoms with E-state index in [1.807, 2.05) is 37.3 Å². The summed E-state index contributed by atoms with van der Waals surface area (Å²) in [5.74, 6) is 2.11. The second kappa shape index (κ2) is 8.29. The molecule has 5 nitrogen and oxygen atoms in total. The summed E-state index contributed by atoms with van der Waals surface area (Å²) in [4.78, 5) is 19.3. The molecule has 4 rings (SSSR count). The maximum atomic E-state index is 13.0. The number of rotatable bonds is 3. The molecule has 28 heavy (non-hydrogen) atoms. The molecule has 2 aliphatic rings. The third kappa shape index (κ3) is 4.18. The first kappa shape index (κ1) is 18.9. The van der Waals surface area contributed by atoms with E-state index in [0.29, 0.717) is 29.2 Å². The van der Waals surface area contributed by atoms with Crippen LogP contribution in [0.5, 0.6) is 11.5 Å². The quantitative estimate of drug-likeness (QED) is 0.686. The predicted molar refractivity (Wildman–Crippen MR) is 115 cm³/mol. The van der Waals surface area contributed by atoms with E-state index >= 15 is 0 Å². The standard InChI is InChI=1S/C21H19ClN2O3S/c1-14-13-28-21(23-14)24(17-6-4-16(22)5-7-17)20(25)9-3-15-2-8-18-19(12-15)27-11-10-26-18/h2-9,12,14H,10-11,13H2,1H3/b9-3+/t14-/m1/s1. The SMILES string of the molecule is C[C@@H]1CSC(N(C(=O)/C=C/c2ccc3c(c2)OCCO3)c2ccc(Cl)cc2)=N1. The molecule has 1 amide bonds. The normalized spacial score (nSPS) is 18.2. The Balaban J connectivity index is 1.59. The molecule has 144 valence electrons. The van der Waals surface area contributed by atoms with Gasteiger partial charge in [-0.05, 0) is 55.0 Å². The molecule has 2 aromatic carbocycles. The van der Waals surface area contributed by atoms with Crippen LogP contribution < -0.4 is 14.4 Å². The highest BCUT2D eigenvalue weighted by atomic mass is 35.5. The van der Waals surface area contributed by atoms with Crippen molar-refractivity contribution in [2.45, 2.75) is 13.0 Å². The zero-order chi connectivity index (χ0) is 19.5. The van der Waals surface area contributed by atoms with Gasteiger partial charge in [-0.15, -0.1) is 0 Å². The number of amides is 1. The Morgan fingerprint density at radius 3 is 2.64 bits per heavy atom. The first-order chi connectivity index (χ1) is 13.6. The number of thioether (sulfide) groups is 1. The van der Waals surface area contributed by atoms with E-state index in [-0.39, 0.29) is 11.9 Å². The van der Waals surface area contributed by atoms with Crippen molar-refractivity contribution < 1.29 is 14.3 Å². The average Bonchev–Trinajstić information content (AvgIpc) is 3.13. The molecule has 1 atom stereocenters. The van der Waals surface area contributed by atoms with E-state index in [2.05, 4.69) is 4.99 Å². The molecule has 2 heterocycles. The van der Waals surface area contributed by atoms with Crippen LogP contribution in [0.4, 0.5) is 5.69 Å². The number of hydrogen-bond acceptors (Lipinski definition) is 5. The summed E-state index contributed by atoms with van der Waals surface area (Å²) in [7, 11) is 0. The molecule has 0 unspecified atom stereocenters. The number of carbonyl (C=O) groups is 1. The van der Waals surface area contributed by atoms with Crippen LogP contribution in [0.2, 0.25) is 5.02 Å². The van der Waals surface area contributed by atoms with Crippen molar-refractivity contribution in [1.29, 1.82) is 0 Å². The summed E-state index contributed by atoms with van der Waals surface area (Å²) in [6.07, 6.45) is 3.32. The third-order valence-corrected chi connectivity index (χ3v) is 5.71. The zero-order valence-corrected chi connectivity index (χ0v) is 16.9. The average molecular weight is 415 g/mol. The van der Waals surface area contributed by atoms with Crippen LogP contribution >= 0.6 is 23.4 Å². The van der Waals surface area contributed by atoms with Gasteiger partial charge in [0.15, 0.2) is 16.7 Å². The van der Waals surface area contributed by atoms with Crippen molar-refractivity contribution in [1.82, 2.24) is 0 Å². The highest BCUT2D eigenvalue weighted by Crippen LogP contribution is 2.31. The van der Waals surface area contributed by atoms with Gasteiger partial charge in [0.2, 0.25) is 0 Å². The number of fused-ring (bicyclic) bond motifs is 1. The van der Waals surface area contributed by atoms with Crippen molar-refractivity contribution >= 4 is 46.2 Å². The number of halogens is 1. The van der Waals surface area contributed by atoms with Gasteiger partial charge in [-0.25, -0.2) is 0 Å². The highest BCUT2D eigenvalue weighted by molar-refractivity contribution is 8.14. The lowest BCUT2D eigenvalue weighted by Gasteiger charge is -2.20. The fourth-order valence-electron chi connectivity index (χ4n) is 2.91. The fraction of sp³-hybridized carbons (Fsp3) is 0.238. The van der Waals surface area contributed by atoms with Gasteiger partial charge < -0.3 is 9.47 Å². The molecule has 0 spiro atoms. The largest absolute Gasteiger partial charge is 0.486 e. The molecule has 0 N–H and O–H groups in total. The Bertz CT molecular complexity index is 943. The lowest BCUT2D eigenvalue weighted by molar-refractivity contribution is -0.113. The number of aliphatic imine (C=N–C) groups is 1. The van der Waals surface area contributed by atoms with Crippen molar-refractivity contribution in [3.63, 3.8) is 0 Å². The molecule has 0 aromatic heterocycles. The van der Waals surface area contributed by atoms with Gasteiger partial charge in [0.1, 0.15) is 13.2 Å². The van der Waals surface area contributed by atoms with E-state index in [0.717, 1.165) is 22.8 Å². The van der Waals surface area contributed by atoms with Crippen LogP contribution in [0.3, 0.4) is 0 Å². The number of ether oxygens (including phenoxy) is 2. The lowest BCUT2D eigenvalue weighted by Crippen LogP contribution is -2.33. The van der Waals surface area contributed by atoms with E-state index in [1.165, 1.54) is 0 Å². The van der Waals surface area contributed by atoms with Crippen LogP contribution in [-0.4, -0.2) is 36.1 Å². The zero-order valence-electron chi connectivity index (χ0n) is 15.3. The molecular weight excluding hydrogens is 396 g/mol. The summed E-state index contributed by atoms with van der Waals surface area (Å²) in [6.45, 7) is 3.11. The number of nitrogens with zero attached hydrogens (tertiary/aromatic N) is 2. The second-order valence-corrected chi connectivity index (χ2v) is 7.88. The maximum absolute atomic E-state index is 13.0. The van der Waals surface area contributed by atoms with Gasteiger partial charge in [0.05, 0.1) is 11.7 Å². The number of hydrogen-bond donors (Lipinski definition) is 0.